The fourth-order valence-corrected chi connectivity index (χ4v) is 1.66. The van der Waals surface area contributed by atoms with E-state index >= 15 is 0 Å². The molecule has 0 fully saturated rings. The van der Waals surface area contributed by atoms with Gasteiger partial charge in [-0.25, -0.2) is 4.39 Å². The predicted octanol–water partition coefficient (Wildman–Crippen LogP) is 1.86. The topological polar surface area (TPSA) is 63.8 Å². The highest BCUT2D eigenvalue weighted by molar-refractivity contribution is 7.80. The molecular formula is C12H11FN4S. The monoisotopic (exact) mass is 262 g/mol. The van der Waals surface area contributed by atoms with Crippen LogP contribution in [-0.2, 0) is 6.54 Å². The second-order valence-corrected chi connectivity index (χ2v) is 4.08. The Bertz CT molecular complexity index is 574. The van der Waals surface area contributed by atoms with Crippen molar-refractivity contribution in [1.29, 1.82) is 0 Å². The maximum Gasteiger partial charge on any atom is 0.159 e. The van der Waals surface area contributed by atoms with E-state index in [0.717, 1.165) is 5.56 Å². The van der Waals surface area contributed by atoms with Gasteiger partial charge in [-0.3, -0.25) is 0 Å². The summed E-state index contributed by atoms with van der Waals surface area (Å²) in [6, 6.07) is 7.99. The van der Waals surface area contributed by atoms with E-state index in [-0.39, 0.29) is 10.8 Å². The van der Waals surface area contributed by atoms with Gasteiger partial charge in [-0.15, -0.1) is 5.10 Å². The molecule has 0 aliphatic carbocycles. The van der Waals surface area contributed by atoms with Gasteiger partial charge in [0.15, 0.2) is 5.82 Å². The van der Waals surface area contributed by atoms with Crippen molar-refractivity contribution in [2.24, 2.45) is 5.73 Å². The Morgan fingerprint density at radius 1 is 1.39 bits per heavy atom. The Labute approximate surface area is 109 Å². The van der Waals surface area contributed by atoms with E-state index in [1.54, 1.807) is 12.1 Å². The summed E-state index contributed by atoms with van der Waals surface area (Å²) in [5.41, 5.74) is 6.99. The number of hydrogen-bond acceptors (Lipinski definition) is 4. The summed E-state index contributed by atoms with van der Waals surface area (Å²) in [4.78, 5) is 0.242. The first kappa shape index (κ1) is 12.4. The van der Waals surface area contributed by atoms with Gasteiger partial charge in [0.2, 0.25) is 0 Å². The maximum absolute atomic E-state index is 13.0. The van der Waals surface area contributed by atoms with Crippen LogP contribution in [0.25, 0.3) is 0 Å². The molecule has 2 aromatic rings. The van der Waals surface area contributed by atoms with Crippen LogP contribution in [0, 0.1) is 5.82 Å². The third-order valence-corrected chi connectivity index (χ3v) is 2.56. The largest absolute Gasteiger partial charge is 0.389 e. The number of rotatable bonds is 4. The van der Waals surface area contributed by atoms with E-state index in [4.69, 9.17) is 18.0 Å². The van der Waals surface area contributed by atoms with Crippen LogP contribution in [0.3, 0.4) is 0 Å². The Hall–Kier alpha value is -2.08. The zero-order valence-corrected chi connectivity index (χ0v) is 10.2. The molecule has 92 valence electrons. The molecule has 1 aromatic heterocycles. The summed E-state index contributed by atoms with van der Waals surface area (Å²) in [5, 5.41) is 10.7. The highest BCUT2D eigenvalue weighted by atomic mass is 32.1. The van der Waals surface area contributed by atoms with Crippen LogP contribution in [-0.4, -0.2) is 15.2 Å². The summed E-state index contributed by atoms with van der Waals surface area (Å²) in [7, 11) is 0. The van der Waals surface area contributed by atoms with Crippen molar-refractivity contribution in [2.45, 2.75) is 6.54 Å². The summed E-state index contributed by atoms with van der Waals surface area (Å²) in [5.74, 6) is 0.220. The lowest BCUT2D eigenvalue weighted by atomic mass is 10.2. The number of nitrogens with zero attached hydrogens (tertiary/aromatic N) is 2. The Morgan fingerprint density at radius 2 is 2.22 bits per heavy atom. The van der Waals surface area contributed by atoms with Crippen molar-refractivity contribution < 1.29 is 4.39 Å². The molecule has 3 N–H and O–H groups in total. The molecule has 1 aromatic carbocycles. The van der Waals surface area contributed by atoms with E-state index in [1.165, 1.54) is 18.3 Å². The standard InChI is InChI=1S/C12H11FN4S/c13-9-3-1-2-8(6-9)7-15-12-10(11(14)18)4-5-16-17-12/h1-6H,7H2,(H2,14,18)(H,15,17). The first-order valence-corrected chi connectivity index (χ1v) is 5.67. The minimum Gasteiger partial charge on any atom is -0.389 e. The van der Waals surface area contributed by atoms with E-state index in [2.05, 4.69) is 15.5 Å². The van der Waals surface area contributed by atoms with Gasteiger partial charge in [-0.1, -0.05) is 24.4 Å². The lowest BCUT2D eigenvalue weighted by Gasteiger charge is -2.08. The molecule has 0 amide bonds. The summed E-state index contributed by atoms with van der Waals surface area (Å²) >= 11 is 4.91. The zero-order chi connectivity index (χ0) is 13.0. The van der Waals surface area contributed by atoms with Gasteiger partial charge in [0.25, 0.3) is 0 Å². The molecule has 0 aliphatic rings. The van der Waals surface area contributed by atoms with E-state index in [9.17, 15) is 4.39 Å². The number of aromatic nitrogens is 2. The van der Waals surface area contributed by atoms with Crippen LogP contribution >= 0.6 is 12.2 Å². The minimum atomic E-state index is -0.275. The number of thiocarbonyl (C=S) groups is 1. The fourth-order valence-electron chi connectivity index (χ4n) is 1.49. The molecule has 1 heterocycles. The van der Waals surface area contributed by atoms with Crippen molar-refractivity contribution in [3.63, 3.8) is 0 Å². The SMILES string of the molecule is NC(=S)c1ccnnc1NCc1cccc(F)c1. The molecule has 0 bridgehead atoms. The Morgan fingerprint density at radius 3 is 2.94 bits per heavy atom. The smallest absolute Gasteiger partial charge is 0.159 e. The van der Waals surface area contributed by atoms with Gasteiger partial charge in [0.1, 0.15) is 10.8 Å². The summed E-state index contributed by atoms with van der Waals surface area (Å²) in [6.45, 7) is 0.423. The van der Waals surface area contributed by atoms with E-state index in [0.29, 0.717) is 17.9 Å². The van der Waals surface area contributed by atoms with E-state index in [1.807, 2.05) is 6.07 Å². The lowest BCUT2D eigenvalue weighted by Crippen LogP contribution is -2.14. The van der Waals surface area contributed by atoms with Crippen LogP contribution in [0.5, 0.6) is 0 Å². The van der Waals surface area contributed by atoms with Gasteiger partial charge in [-0.05, 0) is 23.8 Å². The van der Waals surface area contributed by atoms with Crippen molar-refractivity contribution in [3.8, 4) is 0 Å². The molecule has 6 heteroatoms. The number of benzene rings is 1. The fraction of sp³-hybridized carbons (Fsp3) is 0.0833. The molecule has 0 saturated heterocycles. The normalized spacial score (nSPS) is 10.1. The summed E-state index contributed by atoms with van der Waals surface area (Å²) < 4.78 is 13.0. The second kappa shape index (κ2) is 5.50. The van der Waals surface area contributed by atoms with Crippen molar-refractivity contribution in [2.75, 3.05) is 5.32 Å². The maximum atomic E-state index is 13.0. The van der Waals surface area contributed by atoms with Crippen LogP contribution in [0.4, 0.5) is 10.2 Å². The number of anilines is 1. The highest BCUT2D eigenvalue weighted by Gasteiger charge is 2.06. The third kappa shape index (κ3) is 2.98. The molecule has 0 spiro atoms. The molecule has 2 rings (SSSR count). The minimum absolute atomic E-state index is 0.242. The molecule has 0 saturated carbocycles. The van der Waals surface area contributed by atoms with Gasteiger partial charge in [0, 0.05) is 6.54 Å². The zero-order valence-electron chi connectivity index (χ0n) is 9.43. The van der Waals surface area contributed by atoms with Crippen LogP contribution in [0.1, 0.15) is 11.1 Å². The molecule has 18 heavy (non-hydrogen) atoms. The van der Waals surface area contributed by atoms with Crippen molar-refractivity contribution in [1.82, 2.24) is 10.2 Å². The predicted molar refractivity (Wildman–Crippen MR) is 71.6 cm³/mol. The lowest BCUT2D eigenvalue weighted by molar-refractivity contribution is 0.626. The van der Waals surface area contributed by atoms with Gasteiger partial charge in [-0.2, -0.15) is 5.10 Å². The second-order valence-electron chi connectivity index (χ2n) is 3.64. The highest BCUT2D eigenvalue weighted by Crippen LogP contribution is 2.12. The van der Waals surface area contributed by atoms with E-state index < -0.39 is 0 Å². The van der Waals surface area contributed by atoms with Crippen molar-refractivity contribution >= 4 is 23.0 Å². The number of hydrogen-bond donors (Lipinski definition) is 2. The number of halogens is 1. The quantitative estimate of drug-likeness (QED) is 0.823. The molecule has 0 atom stereocenters. The van der Waals surface area contributed by atoms with Crippen LogP contribution < -0.4 is 11.1 Å². The number of nitrogens with one attached hydrogen (secondary N) is 1. The number of nitrogens with two attached hydrogens (primary N) is 1. The molecule has 4 nitrogen and oxygen atoms in total. The molecular weight excluding hydrogens is 251 g/mol. The first-order chi connectivity index (χ1) is 8.66. The van der Waals surface area contributed by atoms with Gasteiger partial charge >= 0.3 is 0 Å². The molecule has 0 radical (unpaired) electrons. The average molecular weight is 262 g/mol. The van der Waals surface area contributed by atoms with Gasteiger partial charge < -0.3 is 11.1 Å². The average Bonchev–Trinajstić information content (AvgIpc) is 2.37. The Kier molecular flexibility index (Phi) is 3.78. The third-order valence-electron chi connectivity index (χ3n) is 2.34. The van der Waals surface area contributed by atoms with Crippen molar-refractivity contribution in [3.05, 3.63) is 53.5 Å². The molecule has 0 aliphatic heterocycles. The summed E-state index contributed by atoms with van der Waals surface area (Å²) in [6.07, 6.45) is 1.52. The Balaban J connectivity index is 2.13. The van der Waals surface area contributed by atoms with Crippen LogP contribution in [0.15, 0.2) is 36.5 Å². The van der Waals surface area contributed by atoms with Crippen LogP contribution in [0.2, 0.25) is 0 Å². The van der Waals surface area contributed by atoms with Gasteiger partial charge in [0.05, 0.1) is 11.8 Å². The first-order valence-electron chi connectivity index (χ1n) is 5.26. The molecule has 0 unspecified atom stereocenters.